The van der Waals surface area contributed by atoms with Crippen LogP contribution >= 0.6 is 0 Å². The number of rotatable bonds is 3. The van der Waals surface area contributed by atoms with E-state index in [1.54, 1.807) is 17.0 Å². The highest BCUT2D eigenvalue weighted by Gasteiger charge is 2.29. The Hall–Kier alpha value is -3.09. The summed E-state index contributed by atoms with van der Waals surface area (Å²) in [5.41, 5.74) is 2.03. The van der Waals surface area contributed by atoms with Crippen molar-refractivity contribution in [3.63, 3.8) is 0 Å². The van der Waals surface area contributed by atoms with E-state index in [4.69, 9.17) is 8.83 Å². The first-order chi connectivity index (χ1) is 12.1. The number of fused-ring (bicyclic) bond motifs is 1. The lowest BCUT2D eigenvalue weighted by Crippen LogP contribution is -2.44. The molecule has 128 valence electrons. The van der Waals surface area contributed by atoms with Crippen LogP contribution in [0.2, 0.25) is 0 Å². The van der Waals surface area contributed by atoms with Crippen LogP contribution in [0.4, 0.5) is 5.69 Å². The maximum Gasteiger partial charge on any atom is 0.437 e. The molecule has 4 rings (SSSR count). The smallest absolute Gasteiger partial charge is 0.437 e. The van der Waals surface area contributed by atoms with Gasteiger partial charge in [0.1, 0.15) is 6.54 Å². The normalized spacial score (nSPS) is 16.7. The molecule has 7 nitrogen and oxygen atoms in total. The third-order valence-electron chi connectivity index (χ3n) is 4.42. The number of anilines is 1. The van der Waals surface area contributed by atoms with Gasteiger partial charge in [-0.05, 0) is 43.5 Å². The third-order valence-corrected chi connectivity index (χ3v) is 4.42. The number of carbonyl (C=O) groups is 1. The van der Waals surface area contributed by atoms with E-state index in [0.717, 1.165) is 28.8 Å². The molecule has 3 heterocycles. The summed E-state index contributed by atoms with van der Waals surface area (Å²) in [6.45, 7) is 1.83. The standard InChI is InChI=1S/C18H17N3O4/c1-12-8-9-13-5-2-3-6-14(13)21(12)16(22)11-20-18(23)25-17(19-20)15-7-4-10-24-15/h2-7,10,12H,8-9,11H2,1H3/t12-/m1/s1. The Bertz CT molecular complexity index is 955. The van der Waals surface area contributed by atoms with Gasteiger partial charge in [-0.25, -0.2) is 4.79 Å². The molecule has 3 aromatic rings. The molecule has 1 atom stereocenters. The van der Waals surface area contributed by atoms with Crippen LogP contribution in [-0.2, 0) is 17.8 Å². The number of amides is 1. The van der Waals surface area contributed by atoms with Crippen LogP contribution in [0.15, 0.2) is 56.3 Å². The molecule has 0 radical (unpaired) electrons. The monoisotopic (exact) mass is 339 g/mol. The van der Waals surface area contributed by atoms with Crippen molar-refractivity contribution >= 4 is 11.6 Å². The van der Waals surface area contributed by atoms with Gasteiger partial charge in [-0.1, -0.05) is 18.2 Å². The molecule has 1 aliphatic rings. The Kier molecular flexibility index (Phi) is 3.76. The number of carbonyl (C=O) groups excluding carboxylic acids is 1. The van der Waals surface area contributed by atoms with Gasteiger partial charge in [0.25, 0.3) is 5.89 Å². The second-order valence-electron chi connectivity index (χ2n) is 6.09. The Labute approximate surface area is 143 Å². The first kappa shape index (κ1) is 15.4. The molecule has 0 bridgehead atoms. The van der Waals surface area contributed by atoms with E-state index in [1.165, 1.54) is 6.26 Å². The number of aryl methyl sites for hydroxylation is 1. The first-order valence-electron chi connectivity index (χ1n) is 8.15. The number of nitrogens with zero attached hydrogens (tertiary/aromatic N) is 3. The van der Waals surface area contributed by atoms with E-state index in [0.29, 0.717) is 5.76 Å². The fraction of sp³-hybridized carbons (Fsp3) is 0.278. The summed E-state index contributed by atoms with van der Waals surface area (Å²) in [6, 6.07) is 11.2. The molecule has 1 aliphatic heterocycles. The van der Waals surface area contributed by atoms with Crippen molar-refractivity contribution in [1.82, 2.24) is 9.78 Å². The number of hydrogen-bond acceptors (Lipinski definition) is 5. The third kappa shape index (κ3) is 2.77. The lowest BCUT2D eigenvalue weighted by Gasteiger charge is -2.35. The second-order valence-corrected chi connectivity index (χ2v) is 6.09. The van der Waals surface area contributed by atoms with Crippen LogP contribution in [0, 0.1) is 0 Å². The van der Waals surface area contributed by atoms with E-state index in [2.05, 4.69) is 5.10 Å². The first-order valence-corrected chi connectivity index (χ1v) is 8.15. The summed E-state index contributed by atoms with van der Waals surface area (Å²) in [4.78, 5) is 26.6. The maximum absolute atomic E-state index is 12.8. The largest absolute Gasteiger partial charge is 0.459 e. The second kappa shape index (κ2) is 6.08. The van der Waals surface area contributed by atoms with Gasteiger partial charge < -0.3 is 13.7 Å². The minimum Gasteiger partial charge on any atom is -0.459 e. The molecule has 1 aromatic carbocycles. The van der Waals surface area contributed by atoms with Crippen LogP contribution < -0.4 is 10.7 Å². The fourth-order valence-electron chi connectivity index (χ4n) is 3.18. The summed E-state index contributed by atoms with van der Waals surface area (Å²) in [5, 5.41) is 4.06. The van der Waals surface area contributed by atoms with Crippen molar-refractivity contribution in [2.24, 2.45) is 0 Å². The molecular weight excluding hydrogens is 322 g/mol. The summed E-state index contributed by atoms with van der Waals surface area (Å²) in [6.07, 6.45) is 3.29. The van der Waals surface area contributed by atoms with Gasteiger partial charge in [-0.3, -0.25) is 4.79 Å². The van der Waals surface area contributed by atoms with Gasteiger partial charge in [0.05, 0.1) is 6.26 Å². The van der Waals surface area contributed by atoms with Crippen molar-refractivity contribution in [3.8, 4) is 11.7 Å². The summed E-state index contributed by atoms with van der Waals surface area (Å²) in [5.74, 6) is -0.464. The van der Waals surface area contributed by atoms with Gasteiger partial charge in [0.2, 0.25) is 5.91 Å². The SMILES string of the molecule is C[C@@H]1CCc2ccccc2N1C(=O)Cn1nc(-c2ccco2)oc1=O. The van der Waals surface area contributed by atoms with E-state index in [-0.39, 0.29) is 24.4 Å². The summed E-state index contributed by atoms with van der Waals surface area (Å²) >= 11 is 0. The minimum absolute atomic E-state index is 0.0644. The van der Waals surface area contributed by atoms with Crippen molar-refractivity contribution in [1.29, 1.82) is 0 Å². The molecule has 7 heteroatoms. The van der Waals surface area contributed by atoms with Crippen molar-refractivity contribution < 1.29 is 13.6 Å². The number of furan rings is 1. The molecule has 0 spiro atoms. The predicted molar refractivity (Wildman–Crippen MR) is 90.2 cm³/mol. The molecule has 2 aromatic heterocycles. The van der Waals surface area contributed by atoms with E-state index < -0.39 is 5.76 Å². The van der Waals surface area contributed by atoms with Gasteiger partial charge in [-0.15, -0.1) is 5.10 Å². The molecule has 1 amide bonds. The van der Waals surface area contributed by atoms with Crippen molar-refractivity contribution in [3.05, 3.63) is 58.8 Å². The molecule has 25 heavy (non-hydrogen) atoms. The van der Waals surface area contributed by atoms with Crippen LogP contribution in [0.3, 0.4) is 0 Å². The summed E-state index contributed by atoms with van der Waals surface area (Å²) < 4.78 is 11.3. The van der Waals surface area contributed by atoms with Crippen LogP contribution in [0.25, 0.3) is 11.7 Å². The number of hydrogen-bond donors (Lipinski definition) is 0. The maximum atomic E-state index is 12.8. The average molecular weight is 339 g/mol. The van der Waals surface area contributed by atoms with Gasteiger partial charge in [0, 0.05) is 11.7 Å². The zero-order chi connectivity index (χ0) is 17.4. The van der Waals surface area contributed by atoms with E-state index in [9.17, 15) is 9.59 Å². The highest BCUT2D eigenvalue weighted by molar-refractivity contribution is 5.95. The van der Waals surface area contributed by atoms with Gasteiger partial charge >= 0.3 is 5.76 Å². The molecule has 0 N–H and O–H groups in total. The molecule has 0 unspecified atom stereocenters. The van der Waals surface area contributed by atoms with Crippen LogP contribution in [-0.4, -0.2) is 21.7 Å². The zero-order valence-corrected chi connectivity index (χ0v) is 13.7. The molecule has 0 aliphatic carbocycles. The van der Waals surface area contributed by atoms with Crippen LogP contribution in [0.1, 0.15) is 18.9 Å². The molecule has 0 saturated carbocycles. The quantitative estimate of drug-likeness (QED) is 0.732. The molecular formula is C18H17N3O4. The number of aromatic nitrogens is 2. The zero-order valence-electron chi connectivity index (χ0n) is 13.7. The lowest BCUT2D eigenvalue weighted by molar-refractivity contribution is -0.120. The van der Waals surface area contributed by atoms with E-state index >= 15 is 0 Å². The Morgan fingerprint density at radius 2 is 2.12 bits per heavy atom. The number of para-hydroxylation sites is 1. The van der Waals surface area contributed by atoms with Crippen molar-refractivity contribution in [2.75, 3.05) is 4.90 Å². The molecule has 0 fully saturated rings. The summed E-state index contributed by atoms with van der Waals surface area (Å²) in [7, 11) is 0. The highest BCUT2D eigenvalue weighted by Crippen LogP contribution is 2.30. The Morgan fingerprint density at radius 3 is 2.92 bits per heavy atom. The van der Waals surface area contributed by atoms with Crippen LogP contribution in [0.5, 0.6) is 0 Å². The average Bonchev–Trinajstić information content (AvgIpc) is 3.25. The topological polar surface area (TPSA) is 81.5 Å². The van der Waals surface area contributed by atoms with Gasteiger partial charge in [-0.2, -0.15) is 4.68 Å². The Morgan fingerprint density at radius 1 is 1.28 bits per heavy atom. The minimum atomic E-state index is -0.683. The van der Waals surface area contributed by atoms with Gasteiger partial charge in [0.15, 0.2) is 5.76 Å². The lowest BCUT2D eigenvalue weighted by atomic mass is 9.96. The predicted octanol–water partition coefficient (Wildman–Crippen LogP) is 2.46. The highest BCUT2D eigenvalue weighted by atomic mass is 16.4. The number of benzene rings is 1. The Balaban J connectivity index is 1.62. The van der Waals surface area contributed by atoms with Crippen molar-refractivity contribution in [2.45, 2.75) is 32.4 Å². The van der Waals surface area contributed by atoms with E-state index in [1.807, 2.05) is 31.2 Å². The fourth-order valence-corrected chi connectivity index (χ4v) is 3.18. The molecule has 0 saturated heterocycles.